The molecule has 0 spiro atoms. The van der Waals surface area contributed by atoms with E-state index in [1.807, 2.05) is 6.92 Å². The summed E-state index contributed by atoms with van der Waals surface area (Å²) in [4.78, 5) is 14.6. The maximum atomic E-state index is 11.5. The lowest BCUT2D eigenvalue weighted by Gasteiger charge is -2.00. The van der Waals surface area contributed by atoms with Gasteiger partial charge in [0.1, 0.15) is 5.69 Å². The van der Waals surface area contributed by atoms with Crippen LogP contribution in [-0.4, -0.2) is 17.6 Å². The van der Waals surface area contributed by atoms with Crippen LogP contribution in [0.5, 0.6) is 0 Å². The Kier molecular flexibility index (Phi) is 2.63. The van der Waals surface area contributed by atoms with Crippen molar-refractivity contribution in [3.8, 4) is 0 Å². The van der Waals surface area contributed by atoms with Gasteiger partial charge < -0.3 is 9.72 Å². The number of ether oxygens (including phenoxy) is 1. The van der Waals surface area contributed by atoms with Gasteiger partial charge >= 0.3 is 5.97 Å². The van der Waals surface area contributed by atoms with E-state index >= 15 is 0 Å². The SMILES string of the molecule is CCOC(=O)c1[nH]c(Br)c2c1CCC2. The first kappa shape index (κ1) is 9.77. The summed E-state index contributed by atoms with van der Waals surface area (Å²) >= 11 is 3.42. The van der Waals surface area contributed by atoms with Crippen LogP contribution in [0.25, 0.3) is 0 Å². The highest BCUT2D eigenvalue weighted by Crippen LogP contribution is 2.32. The highest BCUT2D eigenvalue weighted by atomic mass is 79.9. The van der Waals surface area contributed by atoms with Crippen LogP contribution in [0.3, 0.4) is 0 Å². The molecule has 0 atom stereocenters. The van der Waals surface area contributed by atoms with Crippen molar-refractivity contribution in [3.63, 3.8) is 0 Å². The normalized spacial score (nSPS) is 14.1. The van der Waals surface area contributed by atoms with Gasteiger partial charge in [-0.2, -0.15) is 0 Å². The number of aromatic nitrogens is 1. The van der Waals surface area contributed by atoms with Crippen LogP contribution in [0, 0.1) is 0 Å². The number of H-pyrrole nitrogens is 1. The minimum atomic E-state index is -0.239. The van der Waals surface area contributed by atoms with E-state index in [1.165, 1.54) is 5.56 Å². The number of aromatic amines is 1. The molecule has 1 N–H and O–H groups in total. The first-order valence-electron chi connectivity index (χ1n) is 4.80. The van der Waals surface area contributed by atoms with E-state index in [2.05, 4.69) is 20.9 Å². The lowest BCUT2D eigenvalue weighted by atomic mass is 10.2. The van der Waals surface area contributed by atoms with Crippen LogP contribution in [0.2, 0.25) is 0 Å². The van der Waals surface area contributed by atoms with Crippen LogP contribution >= 0.6 is 15.9 Å². The maximum Gasteiger partial charge on any atom is 0.355 e. The summed E-state index contributed by atoms with van der Waals surface area (Å²) in [6, 6.07) is 0. The zero-order valence-corrected chi connectivity index (χ0v) is 9.61. The minimum absolute atomic E-state index is 0.239. The number of halogens is 1. The second kappa shape index (κ2) is 3.77. The van der Waals surface area contributed by atoms with Gasteiger partial charge in [0, 0.05) is 0 Å². The number of hydrogen-bond acceptors (Lipinski definition) is 2. The minimum Gasteiger partial charge on any atom is -0.461 e. The van der Waals surface area contributed by atoms with Gasteiger partial charge in [-0.3, -0.25) is 0 Å². The number of rotatable bonds is 2. The molecule has 4 heteroatoms. The molecule has 76 valence electrons. The van der Waals surface area contributed by atoms with E-state index in [0.29, 0.717) is 12.3 Å². The Morgan fingerprint density at radius 1 is 1.50 bits per heavy atom. The fraction of sp³-hybridized carbons (Fsp3) is 0.500. The van der Waals surface area contributed by atoms with Crippen molar-refractivity contribution in [1.29, 1.82) is 0 Å². The third-order valence-corrected chi connectivity index (χ3v) is 3.18. The molecule has 2 rings (SSSR count). The molecule has 0 bridgehead atoms. The fourth-order valence-electron chi connectivity index (χ4n) is 1.90. The third kappa shape index (κ3) is 1.47. The molecule has 0 saturated carbocycles. The zero-order chi connectivity index (χ0) is 10.1. The first-order chi connectivity index (χ1) is 6.74. The van der Waals surface area contributed by atoms with Crippen molar-refractivity contribution in [1.82, 2.24) is 4.98 Å². The summed E-state index contributed by atoms with van der Waals surface area (Å²) in [6.45, 7) is 2.24. The van der Waals surface area contributed by atoms with Crippen molar-refractivity contribution in [3.05, 3.63) is 21.4 Å². The molecular weight excluding hydrogens is 246 g/mol. The number of fused-ring (bicyclic) bond motifs is 1. The van der Waals surface area contributed by atoms with Gasteiger partial charge in [0.2, 0.25) is 0 Å². The Bertz CT molecular complexity index is 370. The van der Waals surface area contributed by atoms with Gasteiger partial charge in [0.15, 0.2) is 0 Å². The summed E-state index contributed by atoms with van der Waals surface area (Å²) in [5.74, 6) is -0.239. The van der Waals surface area contributed by atoms with Gasteiger partial charge in [-0.15, -0.1) is 0 Å². The van der Waals surface area contributed by atoms with Crippen molar-refractivity contribution >= 4 is 21.9 Å². The molecule has 1 aliphatic rings. The lowest BCUT2D eigenvalue weighted by Crippen LogP contribution is -2.07. The van der Waals surface area contributed by atoms with Gasteiger partial charge in [0.25, 0.3) is 0 Å². The number of hydrogen-bond donors (Lipinski definition) is 1. The Morgan fingerprint density at radius 2 is 2.21 bits per heavy atom. The maximum absolute atomic E-state index is 11.5. The number of carbonyl (C=O) groups is 1. The van der Waals surface area contributed by atoms with Crippen molar-refractivity contribution in [2.45, 2.75) is 26.2 Å². The standard InChI is InChI=1S/C10H12BrNO2/c1-2-14-10(13)8-6-4-3-5-7(6)9(11)12-8/h12H,2-5H2,1H3. The van der Waals surface area contributed by atoms with E-state index in [1.54, 1.807) is 0 Å². The largest absolute Gasteiger partial charge is 0.461 e. The summed E-state index contributed by atoms with van der Waals surface area (Å²) < 4.78 is 5.91. The van der Waals surface area contributed by atoms with Gasteiger partial charge in [-0.05, 0) is 53.2 Å². The Hall–Kier alpha value is -0.770. The predicted molar refractivity (Wildman–Crippen MR) is 56.5 cm³/mol. The first-order valence-corrected chi connectivity index (χ1v) is 5.59. The molecule has 0 aromatic carbocycles. The molecule has 0 radical (unpaired) electrons. The predicted octanol–water partition coefficient (Wildman–Crippen LogP) is 2.44. The van der Waals surface area contributed by atoms with E-state index in [-0.39, 0.29) is 5.97 Å². The fourth-order valence-corrected chi connectivity index (χ4v) is 2.54. The summed E-state index contributed by atoms with van der Waals surface area (Å²) in [6.07, 6.45) is 3.15. The molecule has 1 aromatic heterocycles. The zero-order valence-electron chi connectivity index (χ0n) is 8.02. The van der Waals surface area contributed by atoms with E-state index < -0.39 is 0 Å². The Labute approximate surface area is 91.0 Å². The van der Waals surface area contributed by atoms with Crippen LogP contribution < -0.4 is 0 Å². The Morgan fingerprint density at radius 3 is 2.93 bits per heavy atom. The van der Waals surface area contributed by atoms with E-state index in [0.717, 1.165) is 29.4 Å². The summed E-state index contributed by atoms with van der Waals surface area (Å²) in [5, 5.41) is 0. The molecule has 1 aromatic rings. The van der Waals surface area contributed by atoms with Gasteiger partial charge in [-0.25, -0.2) is 4.79 Å². The molecule has 0 unspecified atom stereocenters. The molecule has 0 saturated heterocycles. The average molecular weight is 258 g/mol. The lowest BCUT2D eigenvalue weighted by molar-refractivity contribution is 0.0519. The quantitative estimate of drug-likeness (QED) is 0.828. The molecule has 0 fully saturated rings. The second-order valence-electron chi connectivity index (χ2n) is 3.35. The second-order valence-corrected chi connectivity index (χ2v) is 4.14. The molecule has 14 heavy (non-hydrogen) atoms. The van der Waals surface area contributed by atoms with E-state index in [9.17, 15) is 4.79 Å². The Balaban J connectivity index is 2.35. The number of carbonyl (C=O) groups excluding carboxylic acids is 1. The van der Waals surface area contributed by atoms with E-state index in [4.69, 9.17) is 4.74 Å². The summed E-state index contributed by atoms with van der Waals surface area (Å²) in [7, 11) is 0. The highest BCUT2D eigenvalue weighted by Gasteiger charge is 2.24. The van der Waals surface area contributed by atoms with Crippen LogP contribution in [-0.2, 0) is 17.6 Å². The van der Waals surface area contributed by atoms with Crippen molar-refractivity contribution < 1.29 is 9.53 Å². The molecule has 1 heterocycles. The van der Waals surface area contributed by atoms with Crippen molar-refractivity contribution in [2.75, 3.05) is 6.61 Å². The van der Waals surface area contributed by atoms with Crippen LogP contribution in [0.1, 0.15) is 35.0 Å². The van der Waals surface area contributed by atoms with Crippen molar-refractivity contribution in [2.24, 2.45) is 0 Å². The van der Waals surface area contributed by atoms with Gasteiger partial charge in [0.05, 0.1) is 11.2 Å². The number of esters is 1. The third-order valence-electron chi connectivity index (χ3n) is 2.50. The monoisotopic (exact) mass is 257 g/mol. The van der Waals surface area contributed by atoms with Crippen LogP contribution in [0.15, 0.2) is 4.60 Å². The number of nitrogens with one attached hydrogen (secondary N) is 1. The highest BCUT2D eigenvalue weighted by molar-refractivity contribution is 9.10. The summed E-state index contributed by atoms with van der Waals surface area (Å²) in [5.41, 5.74) is 3.01. The molecule has 0 aliphatic heterocycles. The van der Waals surface area contributed by atoms with Crippen LogP contribution in [0.4, 0.5) is 0 Å². The molecule has 3 nitrogen and oxygen atoms in total. The van der Waals surface area contributed by atoms with Gasteiger partial charge in [-0.1, -0.05) is 0 Å². The molecule has 0 amide bonds. The molecule has 1 aliphatic carbocycles. The topological polar surface area (TPSA) is 42.1 Å². The molecular formula is C10H12BrNO2. The average Bonchev–Trinajstić information content (AvgIpc) is 2.70. The smallest absolute Gasteiger partial charge is 0.355 e.